The average molecular weight is 987 g/mol. The van der Waals surface area contributed by atoms with Crippen LogP contribution in [0.3, 0.4) is 0 Å². The first-order valence-corrected chi connectivity index (χ1v) is 25.3. The fourth-order valence-electron chi connectivity index (χ4n) is 15.4. The number of ketones is 1. The van der Waals surface area contributed by atoms with Gasteiger partial charge in [-0.3, -0.25) is 24.0 Å². The van der Waals surface area contributed by atoms with E-state index in [1.54, 1.807) is 0 Å². The van der Waals surface area contributed by atoms with Crippen molar-refractivity contribution >= 4 is 35.6 Å². The van der Waals surface area contributed by atoms with Crippen LogP contribution in [-0.2, 0) is 44.3 Å². The molecular formula is C52H73F3N4O11. The molecule has 0 bridgehead atoms. The number of esters is 1. The standard InChI is InChI=1S/C52H73F3N4O11/c1-28(2)38-33(60)27-51(57-43(65)50(19-20-50)56-40(61)32-26-36(52(53,54)55)58-59(32)44(66)69-24-23-68-22-21-67-10)18-17-48(8)29(39(38)51)11-12-35-47(7)15-14-37(46(5,6)34(47)13-16-49(35,48)9)70-42(64)31-25-30(41(62)63)45(31,3)4/h26,28-31,34-35,37H,11-25,27H2,1-10H3,(H,56,61)(H,57,65)(H,62,63)/t29-,30+,31-,34+,35-,37+,47+,48-,49-,51-/m1/s1. The fraction of sp³-hybridized carbons (Fsp3) is 0.788. The van der Waals surface area contributed by atoms with Crippen LogP contribution in [0.1, 0.15) is 156 Å². The number of amides is 2. The number of ether oxygens (including phenoxy) is 4. The number of fused-ring (bicyclic) bond motifs is 7. The van der Waals surface area contributed by atoms with Crippen LogP contribution in [-0.4, -0.2) is 101 Å². The normalized spacial score (nSPS) is 35.6. The number of carbonyl (C=O) groups excluding carboxylic acids is 5. The Hall–Kier alpha value is -4.32. The van der Waals surface area contributed by atoms with Crippen LogP contribution in [0.4, 0.5) is 18.0 Å². The van der Waals surface area contributed by atoms with Gasteiger partial charge in [0.2, 0.25) is 5.91 Å². The first kappa shape index (κ1) is 52.0. The predicted molar refractivity (Wildman–Crippen MR) is 247 cm³/mol. The summed E-state index contributed by atoms with van der Waals surface area (Å²) in [6, 6.07) is 0.452. The van der Waals surface area contributed by atoms with Crippen LogP contribution in [0.25, 0.3) is 0 Å². The smallest absolute Gasteiger partial charge is 0.435 e. The Labute approximate surface area is 408 Å². The van der Waals surface area contributed by atoms with Crippen molar-refractivity contribution in [2.24, 2.45) is 62.6 Å². The molecular weight excluding hydrogens is 914 g/mol. The first-order valence-electron chi connectivity index (χ1n) is 25.3. The summed E-state index contributed by atoms with van der Waals surface area (Å²) in [4.78, 5) is 81.5. The number of hydrogen-bond donors (Lipinski definition) is 3. The molecule has 1 heterocycles. The number of hydrogen-bond acceptors (Lipinski definition) is 11. The van der Waals surface area contributed by atoms with Crippen LogP contribution < -0.4 is 10.6 Å². The van der Waals surface area contributed by atoms with Crippen LogP contribution >= 0.6 is 0 Å². The van der Waals surface area contributed by atoms with Crippen molar-refractivity contribution < 1.29 is 66.0 Å². The van der Waals surface area contributed by atoms with E-state index in [0.29, 0.717) is 24.8 Å². The molecule has 0 unspecified atom stereocenters. The quantitative estimate of drug-likeness (QED) is 0.119. The number of aliphatic carboxylic acids is 1. The molecule has 0 radical (unpaired) electrons. The molecule has 2 amide bonds. The summed E-state index contributed by atoms with van der Waals surface area (Å²) in [6.07, 6.45) is 0.476. The van der Waals surface area contributed by atoms with Gasteiger partial charge in [0.05, 0.1) is 37.2 Å². The van der Waals surface area contributed by atoms with Gasteiger partial charge in [-0.2, -0.15) is 23.0 Å². The molecule has 6 fully saturated rings. The van der Waals surface area contributed by atoms with Crippen LogP contribution in [0.2, 0.25) is 0 Å². The van der Waals surface area contributed by atoms with Gasteiger partial charge in [0.25, 0.3) is 5.91 Å². The van der Waals surface area contributed by atoms with Crippen molar-refractivity contribution in [2.75, 3.05) is 33.5 Å². The highest BCUT2D eigenvalue weighted by molar-refractivity contribution is 6.04. The number of Topliss-reactive ketones (excluding diaryl/α,β-unsaturated/α-hetero) is 1. The lowest BCUT2D eigenvalue weighted by Gasteiger charge is -2.72. The van der Waals surface area contributed by atoms with Gasteiger partial charge < -0.3 is 34.7 Å². The zero-order valence-electron chi connectivity index (χ0n) is 42.5. The Bertz CT molecular complexity index is 2350. The molecule has 0 saturated heterocycles. The number of alkyl halides is 3. The van der Waals surface area contributed by atoms with Gasteiger partial charge in [0, 0.05) is 25.0 Å². The summed E-state index contributed by atoms with van der Waals surface area (Å²) >= 11 is 0. The zero-order chi connectivity index (χ0) is 51.4. The highest BCUT2D eigenvalue weighted by Gasteiger charge is 2.71. The van der Waals surface area contributed by atoms with E-state index < -0.39 is 69.8 Å². The number of carbonyl (C=O) groups is 6. The molecule has 1 aromatic heterocycles. The number of nitrogens with one attached hydrogen (secondary N) is 2. The Balaban J connectivity index is 1.01. The molecule has 70 heavy (non-hydrogen) atoms. The third-order valence-corrected chi connectivity index (χ3v) is 19.7. The molecule has 18 heteroatoms. The maximum Gasteiger partial charge on any atom is 0.435 e. The van der Waals surface area contributed by atoms with Crippen molar-refractivity contribution in [3.8, 4) is 0 Å². The number of methoxy groups -OCH3 is 1. The Morgan fingerprint density at radius 1 is 0.829 bits per heavy atom. The van der Waals surface area contributed by atoms with E-state index in [4.69, 9.17) is 18.9 Å². The third kappa shape index (κ3) is 8.20. The SMILES string of the molecule is COCCOCCOC(=O)n1nc(C(F)(F)F)cc1C(=O)NC1(C(=O)N[C@@]23CC[C@]4(C)[C@H](CC[C@@H]5[C@@]6(C)CC[C@H](OC(=O)[C@H]7C[C@@H](C(=O)O)C7(C)C)C(C)(C)[C@@H]6CC[C@]54C)C2=C(C(C)C)C(=O)C3)CC1. The number of carboxylic acid groups (broad SMARTS) is 1. The zero-order valence-corrected chi connectivity index (χ0v) is 42.5. The van der Waals surface area contributed by atoms with E-state index in [2.05, 4.69) is 50.4 Å². The molecule has 8 rings (SSSR count). The van der Waals surface area contributed by atoms with Crippen molar-refractivity contribution in [3.05, 3.63) is 28.6 Å². The monoisotopic (exact) mass is 987 g/mol. The summed E-state index contributed by atoms with van der Waals surface area (Å²) in [5.74, 6) is -3.47. The summed E-state index contributed by atoms with van der Waals surface area (Å²) in [5, 5.41) is 19.0. The molecule has 7 aliphatic carbocycles. The number of allylic oxidation sites excluding steroid dienone is 1. The van der Waals surface area contributed by atoms with Gasteiger partial charge >= 0.3 is 24.2 Å². The Morgan fingerprint density at radius 3 is 2.13 bits per heavy atom. The largest absolute Gasteiger partial charge is 0.481 e. The second-order valence-corrected chi connectivity index (χ2v) is 24.1. The van der Waals surface area contributed by atoms with Gasteiger partial charge in [-0.1, -0.05) is 62.3 Å². The minimum absolute atomic E-state index is 0.0176. The highest BCUT2D eigenvalue weighted by atomic mass is 19.4. The molecule has 1 aromatic rings. The minimum Gasteiger partial charge on any atom is -0.481 e. The molecule has 0 spiro atoms. The van der Waals surface area contributed by atoms with Gasteiger partial charge in [0.15, 0.2) is 11.5 Å². The second kappa shape index (κ2) is 17.7. The van der Waals surface area contributed by atoms with Gasteiger partial charge in [-0.05, 0) is 127 Å². The molecule has 0 aliphatic heterocycles. The predicted octanol–water partition coefficient (Wildman–Crippen LogP) is 8.32. The Morgan fingerprint density at radius 2 is 1.51 bits per heavy atom. The number of halogens is 3. The third-order valence-electron chi connectivity index (χ3n) is 19.7. The lowest BCUT2D eigenvalue weighted by Crippen LogP contribution is -2.68. The van der Waals surface area contributed by atoms with Crippen molar-refractivity contribution in [1.82, 2.24) is 20.4 Å². The van der Waals surface area contributed by atoms with E-state index in [1.165, 1.54) is 7.11 Å². The van der Waals surface area contributed by atoms with Crippen LogP contribution in [0.5, 0.6) is 0 Å². The van der Waals surface area contributed by atoms with E-state index in [-0.39, 0.29) is 114 Å². The van der Waals surface area contributed by atoms with E-state index in [1.807, 2.05) is 27.7 Å². The van der Waals surface area contributed by atoms with Crippen LogP contribution in [0, 0.1) is 62.6 Å². The van der Waals surface area contributed by atoms with Crippen molar-refractivity contribution in [3.63, 3.8) is 0 Å². The molecule has 15 nitrogen and oxygen atoms in total. The molecule has 7 aliphatic rings. The highest BCUT2D eigenvalue weighted by Crippen LogP contribution is 2.76. The molecule has 10 atom stereocenters. The van der Waals surface area contributed by atoms with E-state index in [9.17, 15) is 47.0 Å². The summed E-state index contributed by atoms with van der Waals surface area (Å²) < 4.78 is 63.6. The number of aromatic nitrogens is 2. The van der Waals surface area contributed by atoms with Gasteiger partial charge in [-0.15, -0.1) is 0 Å². The number of carboxylic acids is 1. The maximum absolute atomic E-state index is 14.7. The lowest BCUT2D eigenvalue weighted by atomic mass is 9.33. The van der Waals surface area contributed by atoms with Gasteiger partial charge in [0.1, 0.15) is 23.9 Å². The minimum atomic E-state index is -5.00. The lowest BCUT2D eigenvalue weighted by molar-refractivity contribution is -0.235. The average Bonchev–Trinajstić information content (AvgIpc) is 3.77. The molecule has 0 aromatic carbocycles. The second-order valence-electron chi connectivity index (χ2n) is 24.1. The summed E-state index contributed by atoms with van der Waals surface area (Å²) in [6.45, 7) is 19.5. The first-order chi connectivity index (χ1) is 32.5. The topological polar surface area (TPSA) is 201 Å². The fourth-order valence-corrected chi connectivity index (χ4v) is 15.4. The molecule has 3 N–H and O–H groups in total. The van der Waals surface area contributed by atoms with Crippen molar-refractivity contribution in [1.29, 1.82) is 0 Å². The van der Waals surface area contributed by atoms with E-state index >= 15 is 0 Å². The Kier molecular flexibility index (Phi) is 13.2. The van der Waals surface area contributed by atoms with Crippen LogP contribution in [0.15, 0.2) is 17.2 Å². The van der Waals surface area contributed by atoms with Gasteiger partial charge in [-0.25, -0.2) is 4.79 Å². The molecule has 6 saturated carbocycles. The summed E-state index contributed by atoms with van der Waals surface area (Å²) in [5.41, 5.74) is -4.54. The molecule has 388 valence electrons. The summed E-state index contributed by atoms with van der Waals surface area (Å²) in [7, 11) is 1.48. The van der Waals surface area contributed by atoms with E-state index in [0.717, 1.165) is 49.7 Å². The van der Waals surface area contributed by atoms with Crippen molar-refractivity contribution in [2.45, 2.75) is 163 Å². The number of rotatable bonds is 14. The number of nitrogens with zero attached hydrogens (tertiary/aromatic N) is 2. The maximum atomic E-state index is 14.7.